The smallest absolute Gasteiger partial charge is 0.357 e. The lowest BCUT2D eigenvalue weighted by Crippen LogP contribution is -2.28. The maximum atomic E-state index is 13.1. The van der Waals surface area contributed by atoms with Crippen molar-refractivity contribution in [3.63, 3.8) is 0 Å². The number of aliphatic hydroxyl groups is 1. The van der Waals surface area contributed by atoms with Crippen LogP contribution in [0.4, 0.5) is 24.5 Å². The fraction of sp³-hybridized carbons (Fsp3) is 0.130. The SMILES string of the molecule is Cc1ccc(NC(O)Nc2ccc(-n3ccnc3-c3ccncc3)cc2)cc1C(F)(F)F. The first-order valence-corrected chi connectivity index (χ1v) is 9.74. The molecule has 4 rings (SSSR count). The fourth-order valence-electron chi connectivity index (χ4n) is 3.31. The van der Waals surface area contributed by atoms with Gasteiger partial charge in [-0.05, 0) is 61.0 Å². The van der Waals surface area contributed by atoms with E-state index in [4.69, 9.17) is 0 Å². The fourth-order valence-corrected chi connectivity index (χ4v) is 3.31. The summed E-state index contributed by atoms with van der Waals surface area (Å²) in [6.45, 7) is 1.39. The lowest BCUT2D eigenvalue weighted by molar-refractivity contribution is -0.138. The number of anilines is 2. The molecule has 9 heteroatoms. The maximum Gasteiger partial charge on any atom is 0.416 e. The Kier molecular flexibility index (Phi) is 5.83. The molecule has 0 aliphatic heterocycles. The highest BCUT2D eigenvalue weighted by Gasteiger charge is 2.32. The van der Waals surface area contributed by atoms with E-state index >= 15 is 0 Å². The van der Waals surface area contributed by atoms with Crippen molar-refractivity contribution in [1.82, 2.24) is 14.5 Å². The average molecular weight is 439 g/mol. The summed E-state index contributed by atoms with van der Waals surface area (Å²) in [5.74, 6) is 0.759. The topological polar surface area (TPSA) is 75.0 Å². The van der Waals surface area contributed by atoms with Gasteiger partial charge in [-0.3, -0.25) is 9.55 Å². The third-order valence-electron chi connectivity index (χ3n) is 4.87. The molecule has 0 fully saturated rings. The van der Waals surface area contributed by atoms with Crippen molar-refractivity contribution in [2.24, 2.45) is 0 Å². The summed E-state index contributed by atoms with van der Waals surface area (Å²) in [6, 6.07) is 14.8. The van der Waals surface area contributed by atoms with E-state index in [-0.39, 0.29) is 11.3 Å². The highest BCUT2D eigenvalue weighted by atomic mass is 19.4. The van der Waals surface area contributed by atoms with Crippen LogP contribution in [0, 0.1) is 6.92 Å². The third kappa shape index (κ3) is 4.73. The first kappa shape index (κ1) is 21.4. The quantitative estimate of drug-likeness (QED) is 0.366. The van der Waals surface area contributed by atoms with Gasteiger partial charge in [0.25, 0.3) is 0 Å². The minimum absolute atomic E-state index is 0.117. The Hall–Kier alpha value is -3.85. The van der Waals surface area contributed by atoms with Crippen LogP contribution in [0.15, 0.2) is 79.4 Å². The van der Waals surface area contributed by atoms with E-state index in [1.54, 1.807) is 30.7 Å². The summed E-state index contributed by atoms with van der Waals surface area (Å²) in [4.78, 5) is 8.42. The zero-order valence-electron chi connectivity index (χ0n) is 17.0. The monoisotopic (exact) mass is 439 g/mol. The van der Waals surface area contributed by atoms with Crippen LogP contribution in [0.25, 0.3) is 17.1 Å². The molecule has 164 valence electrons. The highest BCUT2D eigenvalue weighted by molar-refractivity contribution is 5.59. The van der Waals surface area contributed by atoms with E-state index in [1.165, 1.54) is 19.1 Å². The lowest BCUT2D eigenvalue weighted by Gasteiger charge is -2.19. The van der Waals surface area contributed by atoms with E-state index in [9.17, 15) is 18.3 Å². The Morgan fingerprint density at radius 2 is 1.56 bits per heavy atom. The second kappa shape index (κ2) is 8.72. The second-order valence-electron chi connectivity index (χ2n) is 7.12. The van der Waals surface area contributed by atoms with Crippen molar-refractivity contribution in [1.29, 1.82) is 0 Å². The van der Waals surface area contributed by atoms with E-state index in [2.05, 4.69) is 20.6 Å². The van der Waals surface area contributed by atoms with Gasteiger partial charge < -0.3 is 15.7 Å². The summed E-state index contributed by atoms with van der Waals surface area (Å²) < 4.78 is 41.2. The standard InChI is InChI=1S/C23H20F3N5O/c1-15-2-3-18(14-20(15)23(24,25)26)30-22(32)29-17-4-6-19(7-5-17)31-13-12-28-21(31)16-8-10-27-11-9-16/h2-14,22,29-30,32H,1H3. The Morgan fingerprint density at radius 1 is 0.906 bits per heavy atom. The van der Waals surface area contributed by atoms with Crippen LogP contribution in [0.2, 0.25) is 0 Å². The van der Waals surface area contributed by atoms with E-state index in [0.717, 1.165) is 23.1 Å². The van der Waals surface area contributed by atoms with Gasteiger partial charge in [0, 0.05) is 47.4 Å². The van der Waals surface area contributed by atoms with Crippen molar-refractivity contribution in [3.05, 3.63) is 90.5 Å². The molecule has 0 aliphatic carbocycles. The molecule has 0 aliphatic rings. The molecule has 1 atom stereocenters. The minimum Gasteiger partial charge on any atom is -0.357 e. The zero-order valence-corrected chi connectivity index (χ0v) is 17.0. The van der Waals surface area contributed by atoms with Gasteiger partial charge in [-0.2, -0.15) is 13.2 Å². The number of nitrogens with zero attached hydrogens (tertiary/aromatic N) is 3. The molecule has 6 nitrogen and oxygen atoms in total. The zero-order chi connectivity index (χ0) is 22.7. The number of hydrogen-bond acceptors (Lipinski definition) is 5. The number of rotatable bonds is 6. The van der Waals surface area contributed by atoms with Gasteiger partial charge in [-0.25, -0.2) is 4.98 Å². The molecule has 0 bridgehead atoms. The number of nitrogens with one attached hydrogen (secondary N) is 2. The summed E-state index contributed by atoms with van der Waals surface area (Å²) in [7, 11) is 0. The molecule has 0 spiro atoms. The van der Waals surface area contributed by atoms with E-state index in [0.29, 0.717) is 5.69 Å². The number of halogens is 3. The number of imidazole rings is 1. The molecule has 0 saturated heterocycles. The number of alkyl halides is 3. The van der Waals surface area contributed by atoms with Crippen LogP contribution in [0.1, 0.15) is 11.1 Å². The Morgan fingerprint density at radius 3 is 2.25 bits per heavy atom. The van der Waals surface area contributed by atoms with Crippen molar-refractivity contribution >= 4 is 11.4 Å². The molecule has 0 saturated carbocycles. The summed E-state index contributed by atoms with van der Waals surface area (Å²) in [6.07, 6.45) is 1.18. The third-order valence-corrected chi connectivity index (χ3v) is 4.87. The number of benzene rings is 2. The Labute approximate surface area is 182 Å². The molecule has 0 radical (unpaired) electrons. The van der Waals surface area contributed by atoms with Gasteiger partial charge in [0.2, 0.25) is 6.35 Å². The molecule has 1 unspecified atom stereocenters. The van der Waals surface area contributed by atoms with Crippen molar-refractivity contribution < 1.29 is 18.3 Å². The largest absolute Gasteiger partial charge is 0.416 e. The van der Waals surface area contributed by atoms with Crippen LogP contribution in [-0.4, -0.2) is 26.0 Å². The Balaban J connectivity index is 1.46. The summed E-state index contributed by atoms with van der Waals surface area (Å²) in [5.41, 5.74) is 1.89. The molecular formula is C23H20F3N5O. The summed E-state index contributed by atoms with van der Waals surface area (Å²) >= 11 is 0. The van der Waals surface area contributed by atoms with Crippen molar-refractivity contribution in [3.8, 4) is 17.1 Å². The maximum absolute atomic E-state index is 13.1. The number of aliphatic hydroxyl groups excluding tert-OH is 1. The summed E-state index contributed by atoms with van der Waals surface area (Å²) in [5, 5.41) is 15.7. The second-order valence-corrected chi connectivity index (χ2v) is 7.12. The number of pyridine rings is 1. The molecular weight excluding hydrogens is 419 g/mol. The highest BCUT2D eigenvalue weighted by Crippen LogP contribution is 2.33. The van der Waals surface area contributed by atoms with Crippen LogP contribution in [-0.2, 0) is 6.18 Å². The molecule has 32 heavy (non-hydrogen) atoms. The van der Waals surface area contributed by atoms with Crippen LogP contribution < -0.4 is 10.6 Å². The molecule has 3 N–H and O–H groups in total. The first-order valence-electron chi connectivity index (χ1n) is 9.74. The van der Waals surface area contributed by atoms with Gasteiger partial charge in [0.05, 0.1) is 5.56 Å². The minimum atomic E-state index is -4.46. The van der Waals surface area contributed by atoms with Gasteiger partial charge in [0.1, 0.15) is 5.82 Å². The predicted octanol–water partition coefficient (Wildman–Crippen LogP) is 5.06. The normalized spacial score (nSPS) is 12.4. The first-order chi connectivity index (χ1) is 15.3. The van der Waals surface area contributed by atoms with Crippen LogP contribution >= 0.6 is 0 Å². The van der Waals surface area contributed by atoms with Crippen LogP contribution in [0.5, 0.6) is 0 Å². The molecule has 2 aromatic carbocycles. The van der Waals surface area contributed by atoms with E-state index in [1.807, 2.05) is 35.0 Å². The molecule has 4 aromatic rings. The lowest BCUT2D eigenvalue weighted by atomic mass is 10.1. The van der Waals surface area contributed by atoms with Crippen LogP contribution in [0.3, 0.4) is 0 Å². The van der Waals surface area contributed by atoms with Gasteiger partial charge >= 0.3 is 6.18 Å². The Bertz CT molecular complexity index is 1190. The molecule has 0 amide bonds. The van der Waals surface area contributed by atoms with Gasteiger partial charge in [0.15, 0.2) is 0 Å². The van der Waals surface area contributed by atoms with Crippen molar-refractivity contribution in [2.75, 3.05) is 10.6 Å². The average Bonchev–Trinajstić information content (AvgIpc) is 3.25. The predicted molar refractivity (Wildman–Crippen MR) is 116 cm³/mol. The number of aryl methyl sites for hydroxylation is 1. The number of aromatic nitrogens is 3. The molecule has 2 aromatic heterocycles. The molecule has 2 heterocycles. The number of hydrogen-bond donors (Lipinski definition) is 3. The van der Waals surface area contributed by atoms with Gasteiger partial charge in [-0.15, -0.1) is 0 Å². The van der Waals surface area contributed by atoms with E-state index < -0.39 is 18.1 Å². The van der Waals surface area contributed by atoms with Crippen molar-refractivity contribution in [2.45, 2.75) is 19.5 Å². The van der Waals surface area contributed by atoms with Gasteiger partial charge in [-0.1, -0.05) is 6.07 Å².